The third kappa shape index (κ3) is 3.94. The first-order valence-electron chi connectivity index (χ1n) is 7.87. The van der Waals surface area contributed by atoms with Crippen molar-refractivity contribution in [2.24, 2.45) is 5.92 Å². The first-order chi connectivity index (χ1) is 8.83. The first-order valence-corrected chi connectivity index (χ1v) is 7.87. The van der Waals surface area contributed by atoms with E-state index < -0.39 is 0 Å². The number of ether oxygens (including phenoxy) is 1. The lowest BCUT2D eigenvalue weighted by molar-refractivity contribution is -0.000392. The van der Waals surface area contributed by atoms with Gasteiger partial charge in [-0.2, -0.15) is 0 Å². The number of piperidine rings is 1. The molecular formula is C15H30N2O. The Kier molecular flexibility index (Phi) is 5.93. The molecule has 2 aliphatic heterocycles. The third-order valence-electron chi connectivity index (χ3n) is 4.79. The third-order valence-corrected chi connectivity index (χ3v) is 4.79. The summed E-state index contributed by atoms with van der Waals surface area (Å²) in [6.45, 7) is 12.8. The van der Waals surface area contributed by atoms with Crippen molar-refractivity contribution in [2.75, 3.05) is 45.9 Å². The van der Waals surface area contributed by atoms with Gasteiger partial charge in [0.05, 0.1) is 13.2 Å². The monoisotopic (exact) mass is 254 g/mol. The minimum atomic E-state index is 0.826. The van der Waals surface area contributed by atoms with Crippen molar-refractivity contribution in [2.45, 2.75) is 45.6 Å². The molecule has 0 aromatic heterocycles. The Morgan fingerprint density at radius 2 is 1.61 bits per heavy atom. The molecule has 0 radical (unpaired) electrons. The van der Waals surface area contributed by atoms with Gasteiger partial charge in [-0.05, 0) is 31.8 Å². The van der Waals surface area contributed by atoms with Gasteiger partial charge in [-0.15, -0.1) is 0 Å². The molecule has 2 fully saturated rings. The van der Waals surface area contributed by atoms with Crippen molar-refractivity contribution in [3.63, 3.8) is 0 Å². The molecule has 2 rings (SSSR count). The number of hydrogen-bond donors (Lipinski definition) is 0. The molecule has 0 saturated carbocycles. The molecule has 2 aliphatic rings. The molecule has 0 aromatic rings. The van der Waals surface area contributed by atoms with Crippen LogP contribution in [0.2, 0.25) is 0 Å². The van der Waals surface area contributed by atoms with Crippen LogP contribution in [0, 0.1) is 5.92 Å². The number of nitrogens with zero attached hydrogens (tertiary/aromatic N) is 2. The van der Waals surface area contributed by atoms with Gasteiger partial charge in [-0.25, -0.2) is 0 Å². The molecule has 0 amide bonds. The van der Waals surface area contributed by atoms with Crippen LogP contribution in [0.4, 0.5) is 0 Å². The summed E-state index contributed by atoms with van der Waals surface area (Å²) in [5.74, 6) is 0.907. The summed E-state index contributed by atoms with van der Waals surface area (Å²) in [4.78, 5) is 5.34. The van der Waals surface area contributed by atoms with Gasteiger partial charge in [0.15, 0.2) is 0 Å². The van der Waals surface area contributed by atoms with Crippen LogP contribution in [0.1, 0.15) is 39.5 Å². The van der Waals surface area contributed by atoms with Crippen LogP contribution in [-0.2, 0) is 4.74 Å². The van der Waals surface area contributed by atoms with Crippen molar-refractivity contribution in [3.05, 3.63) is 0 Å². The Hall–Kier alpha value is -0.120. The number of hydrogen-bond acceptors (Lipinski definition) is 3. The predicted octanol–water partition coefficient (Wildman–Crippen LogP) is 2.22. The van der Waals surface area contributed by atoms with E-state index in [1.165, 1.54) is 45.3 Å². The molecule has 2 heterocycles. The van der Waals surface area contributed by atoms with Gasteiger partial charge in [0.25, 0.3) is 0 Å². The van der Waals surface area contributed by atoms with Gasteiger partial charge >= 0.3 is 0 Å². The highest BCUT2D eigenvalue weighted by Crippen LogP contribution is 2.20. The summed E-state index contributed by atoms with van der Waals surface area (Å²) >= 11 is 0. The summed E-state index contributed by atoms with van der Waals surface area (Å²) in [5, 5.41) is 0. The van der Waals surface area contributed by atoms with Gasteiger partial charge < -0.3 is 9.64 Å². The Labute approximate surface area is 112 Å². The van der Waals surface area contributed by atoms with Gasteiger partial charge in [0, 0.05) is 25.7 Å². The van der Waals surface area contributed by atoms with Crippen LogP contribution in [0.5, 0.6) is 0 Å². The fraction of sp³-hybridized carbons (Fsp3) is 1.00. The zero-order valence-electron chi connectivity index (χ0n) is 12.2. The van der Waals surface area contributed by atoms with E-state index in [1.807, 2.05) is 0 Å². The molecule has 0 atom stereocenters. The highest BCUT2D eigenvalue weighted by molar-refractivity contribution is 4.81. The molecule has 106 valence electrons. The average Bonchev–Trinajstić information content (AvgIpc) is 2.46. The molecule has 0 aliphatic carbocycles. The quantitative estimate of drug-likeness (QED) is 0.748. The van der Waals surface area contributed by atoms with Crippen LogP contribution in [0.3, 0.4) is 0 Å². The molecule has 0 spiro atoms. The molecular weight excluding hydrogens is 224 g/mol. The maximum absolute atomic E-state index is 5.44. The first kappa shape index (κ1) is 14.3. The van der Waals surface area contributed by atoms with E-state index in [9.17, 15) is 0 Å². The van der Waals surface area contributed by atoms with Gasteiger partial charge in [-0.3, -0.25) is 4.90 Å². The summed E-state index contributed by atoms with van der Waals surface area (Å²) in [7, 11) is 0. The summed E-state index contributed by atoms with van der Waals surface area (Å²) < 4.78 is 5.44. The van der Waals surface area contributed by atoms with Crippen molar-refractivity contribution in [1.29, 1.82) is 0 Å². The molecule has 18 heavy (non-hydrogen) atoms. The van der Waals surface area contributed by atoms with E-state index in [0.717, 1.165) is 38.3 Å². The maximum Gasteiger partial charge on any atom is 0.0594 e. The van der Waals surface area contributed by atoms with E-state index >= 15 is 0 Å². The van der Waals surface area contributed by atoms with Gasteiger partial charge in [0.1, 0.15) is 0 Å². The molecule has 3 heteroatoms. The fourth-order valence-corrected chi connectivity index (χ4v) is 3.32. The lowest BCUT2D eigenvalue weighted by Crippen LogP contribution is -2.49. The lowest BCUT2D eigenvalue weighted by atomic mass is 9.98. The highest BCUT2D eigenvalue weighted by Gasteiger charge is 2.26. The Morgan fingerprint density at radius 3 is 2.17 bits per heavy atom. The van der Waals surface area contributed by atoms with Crippen molar-refractivity contribution in [1.82, 2.24) is 9.80 Å². The topological polar surface area (TPSA) is 15.7 Å². The van der Waals surface area contributed by atoms with Crippen LogP contribution in [0.15, 0.2) is 0 Å². The second kappa shape index (κ2) is 7.46. The minimum Gasteiger partial charge on any atom is -0.379 e. The van der Waals surface area contributed by atoms with Crippen LogP contribution in [0.25, 0.3) is 0 Å². The molecule has 0 unspecified atom stereocenters. The smallest absolute Gasteiger partial charge is 0.0594 e. The second-order valence-electron chi connectivity index (χ2n) is 5.86. The van der Waals surface area contributed by atoms with Crippen molar-refractivity contribution < 1.29 is 4.74 Å². The maximum atomic E-state index is 5.44. The summed E-state index contributed by atoms with van der Waals surface area (Å²) in [6.07, 6.45) is 5.39. The molecule has 2 saturated heterocycles. The number of likely N-dealkylation sites (tertiary alicyclic amines) is 1. The average molecular weight is 254 g/mol. The molecule has 0 bridgehead atoms. The molecule has 0 aromatic carbocycles. The second-order valence-corrected chi connectivity index (χ2v) is 5.86. The van der Waals surface area contributed by atoms with E-state index in [2.05, 4.69) is 23.6 Å². The SMILES string of the molecule is CCC(CC)CN1CCC(N2CCOCC2)CC1. The van der Waals surface area contributed by atoms with Crippen LogP contribution < -0.4 is 0 Å². The molecule has 3 nitrogen and oxygen atoms in total. The molecule has 0 N–H and O–H groups in total. The van der Waals surface area contributed by atoms with Gasteiger partial charge in [-0.1, -0.05) is 26.7 Å². The van der Waals surface area contributed by atoms with E-state index in [1.54, 1.807) is 0 Å². The van der Waals surface area contributed by atoms with Crippen molar-refractivity contribution in [3.8, 4) is 0 Å². The van der Waals surface area contributed by atoms with Crippen molar-refractivity contribution >= 4 is 0 Å². The lowest BCUT2D eigenvalue weighted by Gasteiger charge is -2.40. The van der Waals surface area contributed by atoms with E-state index in [0.29, 0.717) is 0 Å². The number of rotatable bonds is 5. The van der Waals surface area contributed by atoms with Gasteiger partial charge in [0.2, 0.25) is 0 Å². The minimum absolute atomic E-state index is 0.826. The standard InChI is InChI=1S/C15H30N2O/c1-3-14(4-2)13-16-7-5-15(6-8-16)17-9-11-18-12-10-17/h14-15H,3-13H2,1-2H3. The normalized spacial score (nSPS) is 24.8. The zero-order valence-corrected chi connectivity index (χ0v) is 12.2. The largest absolute Gasteiger partial charge is 0.379 e. The Balaban J connectivity index is 1.70. The predicted molar refractivity (Wildman–Crippen MR) is 75.9 cm³/mol. The Bertz CT molecular complexity index is 217. The fourth-order valence-electron chi connectivity index (χ4n) is 3.32. The zero-order chi connectivity index (χ0) is 12.8. The summed E-state index contributed by atoms with van der Waals surface area (Å²) in [6, 6.07) is 0.826. The highest BCUT2D eigenvalue weighted by atomic mass is 16.5. The van der Waals surface area contributed by atoms with E-state index in [4.69, 9.17) is 4.74 Å². The van der Waals surface area contributed by atoms with E-state index in [-0.39, 0.29) is 0 Å². The van der Waals surface area contributed by atoms with Crippen LogP contribution >= 0.6 is 0 Å². The number of morpholine rings is 1. The Morgan fingerprint density at radius 1 is 1.00 bits per heavy atom. The van der Waals surface area contributed by atoms with Crippen LogP contribution in [-0.4, -0.2) is 61.8 Å². The summed E-state index contributed by atoms with van der Waals surface area (Å²) in [5.41, 5.74) is 0.